The molecule has 0 saturated heterocycles. The van der Waals surface area contributed by atoms with Crippen molar-refractivity contribution in [3.05, 3.63) is 6.39 Å². The Labute approximate surface area is 51.8 Å². The molecule has 0 radical (unpaired) electrons. The lowest BCUT2D eigenvalue weighted by Crippen LogP contribution is -2.17. The Morgan fingerprint density at radius 1 is 1.67 bits per heavy atom. The zero-order valence-corrected chi connectivity index (χ0v) is 4.76. The first-order valence-corrected chi connectivity index (χ1v) is 2.77. The Morgan fingerprint density at radius 3 is 3.56 bits per heavy atom. The van der Waals surface area contributed by atoms with E-state index in [2.05, 4.69) is 10.3 Å². The third-order valence-electron chi connectivity index (χ3n) is 1.16. The molecule has 1 N–H and O–H groups in total. The molecule has 0 fully saturated rings. The average Bonchev–Trinajstić information content (AvgIpc) is 2.33. The Hall–Kier alpha value is -1.19. The van der Waals surface area contributed by atoms with E-state index in [1.807, 2.05) is 0 Å². The van der Waals surface area contributed by atoms with Crippen molar-refractivity contribution >= 4 is 5.82 Å². The van der Waals surface area contributed by atoms with Gasteiger partial charge in [0, 0.05) is 0 Å². The molecule has 48 valence electrons. The first kappa shape index (κ1) is 4.67. The highest BCUT2D eigenvalue weighted by atomic mass is 16.6. The molecule has 1 aromatic heterocycles. The summed E-state index contributed by atoms with van der Waals surface area (Å²) in [5.74, 6) is 1.21. The average molecular weight is 126 g/mol. The van der Waals surface area contributed by atoms with Gasteiger partial charge in [0.15, 0.2) is 6.39 Å². The second-order valence-electron chi connectivity index (χ2n) is 1.76. The van der Waals surface area contributed by atoms with Crippen molar-refractivity contribution < 1.29 is 9.15 Å². The maximum absolute atomic E-state index is 5.07. The number of hydrogen-bond donors (Lipinski definition) is 1. The number of nitrogens with one attached hydrogen (secondary N) is 1. The van der Waals surface area contributed by atoms with Crippen molar-refractivity contribution in [1.29, 1.82) is 0 Å². The monoisotopic (exact) mass is 126 g/mol. The van der Waals surface area contributed by atoms with Crippen LogP contribution in [-0.4, -0.2) is 18.1 Å². The molecule has 1 aliphatic heterocycles. The number of hydrogen-bond acceptors (Lipinski definition) is 4. The van der Waals surface area contributed by atoms with Crippen LogP contribution in [0.2, 0.25) is 0 Å². The van der Waals surface area contributed by atoms with Crippen LogP contribution in [-0.2, 0) is 0 Å². The predicted octanol–water partition coefficient (Wildman–Crippen LogP) is 0.479. The molecule has 2 heterocycles. The van der Waals surface area contributed by atoms with E-state index in [0.717, 1.165) is 6.54 Å². The summed E-state index contributed by atoms with van der Waals surface area (Å²) in [5, 5.41) is 3.01. The fourth-order valence-corrected chi connectivity index (χ4v) is 0.769. The zero-order valence-electron chi connectivity index (χ0n) is 4.76. The Bertz CT molecular complexity index is 188. The second-order valence-corrected chi connectivity index (χ2v) is 1.76. The lowest BCUT2D eigenvalue weighted by Gasteiger charge is -2.10. The SMILES string of the molecule is c1nc2c(o1)OCCN2. The van der Waals surface area contributed by atoms with Gasteiger partial charge in [0.2, 0.25) is 5.82 Å². The molecule has 2 rings (SSSR count). The van der Waals surface area contributed by atoms with Gasteiger partial charge in [0.1, 0.15) is 6.61 Å². The summed E-state index contributed by atoms with van der Waals surface area (Å²) in [6.45, 7) is 1.46. The van der Waals surface area contributed by atoms with Gasteiger partial charge in [-0.3, -0.25) is 0 Å². The van der Waals surface area contributed by atoms with E-state index in [-0.39, 0.29) is 0 Å². The van der Waals surface area contributed by atoms with Gasteiger partial charge in [0.05, 0.1) is 6.54 Å². The van der Waals surface area contributed by atoms with Crippen LogP contribution in [0.15, 0.2) is 10.8 Å². The Kier molecular flexibility index (Phi) is 0.855. The van der Waals surface area contributed by atoms with E-state index in [4.69, 9.17) is 9.15 Å². The predicted molar refractivity (Wildman–Crippen MR) is 30.5 cm³/mol. The molecule has 0 bridgehead atoms. The number of fused-ring (bicyclic) bond motifs is 1. The first-order valence-electron chi connectivity index (χ1n) is 2.77. The van der Waals surface area contributed by atoms with Crippen LogP contribution in [0, 0.1) is 0 Å². The van der Waals surface area contributed by atoms with Crippen LogP contribution in [0.25, 0.3) is 0 Å². The van der Waals surface area contributed by atoms with Crippen LogP contribution in [0.4, 0.5) is 5.82 Å². The molecule has 0 unspecified atom stereocenters. The molecular formula is C5H6N2O2. The van der Waals surface area contributed by atoms with Crippen LogP contribution in [0.3, 0.4) is 0 Å². The summed E-state index contributed by atoms with van der Waals surface area (Å²) < 4.78 is 9.93. The highest BCUT2D eigenvalue weighted by Gasteiger charge is 2.12. The second kappa shape index (κ2) is 1.65. The molecule has 1 aromatic rings. The molecule has 9 heavy (non-hydrogen) atoms. The zero-order chi connectivity index (χ0) is 6.10. The van der Waals surface area contributed by atoms with Crippen molar-refractivity contribution in [2.75, 3.05) is 18.5 Å². The van der Waals surface area contributed by atoms with E-state index in [1.54, 1.807) is 0 Å². The Balaban J connectivity index is 2.39. The third kappa shape index (κ3) is 0.630. The molecule has 0 aliphatic carbocycles. The first-order chi connectivity index (χ1) is 4.47. The number of rotatable bonds is 0. The van der Waals surface area contributed by atoms with E-state index >= 15 is 0 Å². The fourth-order valence-electron chi connectivity index (χ4n) is 0.769. The fraction of sp³-hybridized carbons (Fsp3) is 0.400. The summed E-state index contributed by atoms with van der Waals surface area (Å²) >= 11 is 0. The summed E-state index contributed by atoms with van der Waals surface area (Å²) in [6.07, 6.45) is 1.36. The minimum Gasteiger partial charge on any atom is -0.461 e. The molecular weight excluding hydrogens is 120 g/mol. The molecule has 1 aliphatic rings. The number of aromatic nitrogens is 1. The van der Waals surface area contributed by atoms with Crippen molar-refractivity contribution in [2.45, 2.75) is 0 Å². The maximum atomic E-state index is 5.07. The minimum atomic E-state index is 0.501. The van der Waals surface area contributed by atoms with Crippen LogP contribution in [0.1, 0.15) is 0 Å². The molecule has 0 saturated carbocycles. The van der Waals surface area contributed by atoms with Crippen molar-refractivity contribution in [3.63, 3.8) is 0 Å². The number of ether oxygens (including phenoxy) is 1. The molecule has 4 heteroatoms. The number of nitrogens with zero attached hydrogens (tertiary/aromatic N) is 1. The van der Waals surface area contributed by atoms with Crippen molar-refractivity contribution in [2.24, 2.45) is 0 Å². The Morgan fingerprint density at radius 2 is 2.67 bits per heavy atom. The quantitative estimate of drug-likeness (QED) is 0.549. The highest BCUT2D eigenvalue weighted by Crippen LogP contribution is 2.23. The summed E-state index contributed by atoms with van der Waals surface area (Å²) in [4.78, 5) is 3.85. The topological polar surface area (TPSA) is 47.3 Å². The summed E-state index contributed by atoms with van der Waals surface area (Å²) in [5.41, 5.74) is 0. The standard InChI is InChI=1S/C5H6N2O2/c1-2-8-5-4(6-1)7-3-9-5/h3,6H,1-2H2. The highest BCUT2D eigenvalue weighted by molar-refractivity contribution is 5.44. The van der Waals surface area contributed by atoms with Crippen LogP contribution < -0.4 is 10.1 Å². The van der Waals surface area contributed by atoms with Gasteiger partial charge in [-0.05, 0) is 0 Å². The van der Waals surface area contributed by atoms with Gasteiger partial charge in [0.25, 0.3) is 0 Å². The van der Waals surface area contributed by atoms with E-state index < -0.39 is 0 Å². The van der Waals surface area contributed by atoms with Gasteiger partial charge in [-0.25, -0.2) is 0 Å². The van der Waals surface area contributed by atoms with E-state index in [0.29, 0.717) is 18.4 Å². The number of anilines is 1. The lowest BCUT2D eigenvalue weighted by molar-refractivity contribution is 0.246. The summed E-state index contributed by atoms with van der Waals surface area (Å²) in [7, 11) is 0. The van der Waals surface area contributed by atoms with E-state index in [9.17, 15) is 0 Å². The van der Waals surface area contributed by atoms with Crippen molar-refractivity contribution in [3.8, 4) is 5.95 Å². The normalized spacial score (nSPS) is 15.6. The molecule has 0 atom stereocenters. The van der Waals surface area contributed by atoms with Crippen LogP contribution >= 0.6 is 0 Å². The van der Waals surface area contributed by atoms with Crippen LogP contribution in [0.5, 0.6) is 5.95 Å². The molecule has 0 spiro atoms. The molecule has 0 aromatic carbocycles. The minimum absolute atomic E-state index is 0.501. The smallest absolute Gasteiger partial charge is 0.330 e. The molecule has 0 amide bonds. The molecule has 4 nitrogen and oxygen atoms in total. The van der Waals surface area contributed by atoms with Crippen molar-refractivity contribution in [1.82, 2.24) is 4.98 Å². The maximum Gasteiger partial charge on any atom is 0.330 e. The van der Waals surface area contributed by atoms with Gasteiger partial charge in [-0.15, -0.1) is 0 Å². The van der Waals surface area contributed by atoms with Gasteiger partial charge >= 0.3 is 5.95 Å². The van der Waals surface area contributed by atoms with Gasteiger partial charge in [-0.2, -0.15) is 4.98 Å². The lowest BCUT2D eigenvalue weighted by atomic mass is 10.5. The number of oxazole rings is 1. The van der Waals surface area contributed by atoms with Gasteiger partial charge < -0.3 is 14.5 Å². The summed E-state index contributed by atoms with van der Waals surface area (Å²) in [6, 6.07) is 0. The van der Waals surface area contributed by atoms with Gasteiger partial charge in [-0.1, -0.05) is 0 Å². The largest absolute Gasteiger partial charge is 0.461 e. The third-order valence-corrected chi connectivity index (χ3v) is 1.16. The van der Waals surface area contributed by atoms with E-state index in [1.165, 1.54) is 6.39 Å².